The number of hydrogen-bond acceptors (Lipinski definition) is 4. The number of thiazole rings is 1. The Morgan fingerprint density at radius 2 is 2.25 bits per heavy atom. The summed E-state index contributed by atoms with van der Waals surface area (Å²) in [6.07, 6.45) is 0.939. The maximum Gasteiger partial charge on any atom is 0.125 e. The van der Waals surface area contributed by atoms with Crippen molar-refractivity contribution in [2.75, 3.05) is 7.11 Å². The maximum atomic E-state index is 5.54. The van der Waals surface area contributed by atoms with Gasteiger partial charge in [-0.25, -0.2) is 4.98 Å². The molecule has 16 heavy (non-hydrogen) atoms. The van der Waals surface area contributed by atoms with Crippen LogP contribution in [0.15, 0.2) is 5.38 Å². The van der Waals surface area contributed by atoms with E-state index in [2.05, 4.69) is 43.4 Å². The van der Waals surface area contributed by atoms with E-state index in [-0.39, 0.29) is 5.60 Å². The number of hydrogen-bond donors (Lipinski definition) is 1. The van der Waals surface area contributed by atoms with Crippen molar-refractivity contribution in [1.29, 1.82) is 0 Å². The van der Waals surface area contributed by atoms with Gasteiger partial charge in [-0.1, -0.05) is 20.8 Å². The monoisotopic (exact) mass is 242 g/mol. The Morgan fingerprint density at radius 1 is 1.56 bits per heavy atom. The van der Waals surface area contributed by atoms with Gasteiger partial charge in [-0.3, -0.25) is 0 Å². The Balaban J connectivity index is 2.70. The van der Waals surface area contributed by atoms with E-state index in [9.17, 15) is 0 Å². The lowest BCUT2D eigenvalue weighted by molar-refractivity contribution is -0.00167. The summed E-state index contributed by atoms with van der Waals surface area (Å²) < 4.78 is 5.54. The molecule has 0 bridgehead atoms. The smallest absolute Gasteiger partial charge is 0.125 e. The molecule has 1 aromatic rings. The zero-order chi connectivity index (χ0) is 12.2. The van der Waals surface area contributed by atoms with Gasteiger partial charge in [-0.2, -0.15) is 0 Å². The second-order valence-electron chi connectivity index (χ2n) is 4.47. The predicted octanol–water partition coefficient (Wildman–Crippen LogP) is 2.91. The number of aromatic nitrogens is 1. The zero-order valence-corrected chi connectivity index (χ0v) is 11.6. The zero-order valence-electron chi connectivity index (χ0n) is 10.8. The third kappa shape index (κ3) is 3.27. The fraction of sp³-hybridized carbons (Fsp3) is 0.750. The van der Waals surface area contributed by atoms with Crippen molar-refractivity contribution in [2.24, 2.45) is 0 Å². The van der Waals surface area contributed by atoms with Crippen LogP contribution in [0.5, 0.6) is 0 Å². The van der Waals surface area contributed by atoms with Crippen molar-refractivity contribution in [1.82, 2.24) is 10.3 Å². The summed E-state index contributed by atoms with van der Waals surface area (Å²) in [5.41, 5.74) is 0.867. The van der Waals surface area contributed by atoms with Crippen molar-refractivity contribution < 1.29 is 4.74 Å². The average molecular weight is 242 g/mol. The molecule has 1 N–H and O–H groups in total. The summed E-state index contributed by atoms with van der Waals surface area (Å²) in [4.78, 5) is 4.63. The Bertz CT molecular complexity index is 319. The van der Waals surface area contributed by atoms with Crippen LogP contribution in [0.1, 0.15) is 44.8 Å². The molecule has 0 fully saturated rings. The molecule has 0 aliphatic heterocycles. The molecule has 92 valence electrons. The second kappa shape index (κ2) is 5.75. The molecule has 0 aliphatic rings. The maximum absolute atomic E-state index is 5.54. The molecule has 1 rings (SSSR count). The first-order valence-electron chi connectivity index (χ1n) is 5.75. The minimum absolute atomic E-state index is 0.235. The van der Waals surface area contributed by atoms with Gasteiger partial charge in [0, 0.05) is 25.1 Å². The van der Waals surface area contributed by atoms with Crippen LogP contribution in [0.3, 0.4) is 0 Å². The molecule has 0 saturated carbocycles. The van der Waals surface area contributed by atoms with Crippen molar-refractivity contribution in [3.63, 3.8) is 0 Å². The molecule has 4 heteroatoms. The lowest BCUT2D eigenvalue weighted by Crippen LogP contribution is -2.24. The summed E-state index contributed by atoms with van der Waals surface area (Å²) in [5.74, 6) is 0. The van der Waals surface area contributed by atoms with Gasteiger partial charge in [-0.05, 0) is 13.3 Å². The summed E-state index contributed by atoms with van der Waals surface area (Å²) >= 11 is 1.68. The van der Waals surface area contributed by atoms with Crippen molar-refractivity contribution in [2.45, 2.75) is 52.3 Å². The first kappa shape index (κ1) is 13.6. The lowest BCUT2D eigenvalue weighted by atomic mass is 10.1. The van der Waals surface area contributed by atoms with Gasteiger partial charge < -0.3 is 10.1 Å². The van der Waals surface area contributed by atoms with E-state index in [1.54, 1.807) is 18.4 Å². The third-order valence-electron chi connectivity index (χ3n) is 2.82. The van der Waals surface area contributed by atoms with Crippen LogP contribution in [0, 0.1) is 0 Å². The van der Waals surface area contributed by atoms with Crippen molar-refractivity contribution in [3.8, 4) is 0 Å². The van der Waals surface area contributed by atoms with Gasteiger partial charge in [0.2, 0.25) is 0 Å². The first-order chi connectivity index (χ1) is 7.51. The molecular formula is C12H22N2OS. The quantitative estimate of drug-likeness (QED) is 0.833. The second-order valence-corrected chi connectivity index (χ2v) is 5.33. The molecule has 0 amide bonds. The van der Waals surface area contributed by atoms with Crippen molar-refractivity contribution >= 4 is 11.3 Å². The largest absolute Gasteiger partial charge is 0.371 e. The molecule has 1 atom stereocenters. The highest BCUT2D eigenvalue weighted by Crippen LogP contribution is 2.30. The van der Waals surface area contributed by atoms with Crippen LogP contribution in [0.2, 0.25) is 0 Å². The average Bonchev–Trinajstić information content (AvgIpc) is 2.74. The van der Waals surface area contributed by atoms with E-state index in [0.29, 0.717) is 6.04 Å². The number of nitrogens with one attached hydrogen (secondary N) is 1. The summed E-state index contributed by atoms with van der Waals surface area (Å²) in [6, 6.07) is 0.491. The minimum atomic E-state index is -0.235. The van der Waals surface area contributed by atoms with E-state index in [1.807, 2.05) is 0 Å². The normalized spacial score (nSPS) is 15.4. The molecular weight excluding hydrogens is 220 g/mol. The third-order valence-corrected chi connectivity index (χ3v) is 3.96. The number of methoxy groups -OCH3 is 1. The molecule has 0 spiro atoms. The minimum Gasteiger partial charge on any atom is -0.371 e. The summed E-state index contributed by atoms with van der Waals surface area (Å²) in [7, 11) is 1.75. The summed E-state index contributed by atoms with van der Waals surface area (Å²) in [6.45, 7) is 9.32. The molecule has 0 aromatic carbocycles. The van der Waals surface area contributed by atoms with E-state index in [4.69, 9.17) is 4.74 Å². The number of rotatable bonds is 6. The highest BCUT2D eigenvalue weighted by molar-refractivity contribution is 7.09. The topological polar surface area (TPSA) is 34.1 Å². The summed E-state index contributed by atoms with van der Waals surface area (Å²) in [5, 5.41) is 6.54. The lowest BCUT2D eigenvalue weighted by Gasteiger charge is -2.23. The van der Waals surface area contributed by atoms with Gasteiger partial charge >= 0.3 is 0 Å². The van der Waals surface area contributed by atoms with E-state index < -0.39 is 0 Å². The Labute approximate surface area is 102 Å². The predicted molar refractivity (Wildman–Crippen MR) is 68.7 cm³/mol. The Morgan fingerprint density at radius 3 is 2.75 bits per heavy atom. The molecule has 0 aliphatic carbocycles. The van der Waals surface area contributed by atoms with Gasteiger partial charge in [0.15, 0.2) is 0 Å². The molecule has 0 radical (unpaired) electrons. The first-order valence-corrected chi connectivity index (χ1v) is 6.63. The Kier molecular flexibility index (Phi) is 4.89. The number of nitrogens with zero attached hydrogens (tertiary/aromatic N) is 1. The fourth-order valence-corrected chi connectivity index (χ4v) is 2.35. The van der Waals surface area contributed by atoms with Gasteiger partial charge in [-0.15, -0.1) is 11.3 Å². The standard InChI is InChI=1S/C12H22N2OS/c1-6-12(4,15-5)11-14-10(8-16-11)7-13-9(2)3/h8-9,13H,6-7H2,1-5H3. The number of ether oxygens (including phenoxy) is 1. The Hall–Kier alpha value is -0.450. The van der Waals surface area contributed by atoms with Crippen LogP contribution < -0.4 is 5.32 Å². The van der Waals surface area contributed by atoms with E-state index in [1.165, 1.54) is 0 Å². The van der Waals surface area contributed by atoms with Crippen LogP contribution in [0.25, 0.3) is 0 Å². The molecule has 3 nitrogen and oxygen atoms in total. The van der Waals surface area contributed by atoms with Crippen LogP contribution in [0.4, 0.5) is 0 Å². The van der Waals surface area contributed by atoms with Crippen LogP contribution in [-0.4, -0.2) is 18.1 Å². The van der Waals surface area contributed by atoms with Gasteiger partial charge in [0.05, 0.1) is 5.69 Å². The molecule has 0 saturated heterocycles. The fourth-order valence-electron chi connectivity index (χ4n) is 1.32. The molecule has 1 aromatic heterocycles. The van der Waals surface area contributed by atoms with Gasteiger partial charge in [0.1, 0.15) is 10.6 Å². The van der Waals surface area contributed by atoms with Crippen LogP contribution in [-0.2, 0) is 16.9 Å². The van der Waals surface area contributed by atoms with Crippen LogP contribution >= 0.6 is 11.3 Å². The van der Waals surface area contributed by atoms with Gasteiger partial charge in [0.25, 0.3) is 0 Å². The SMILES string of the molecule is CCC(C)(OC)c1nc(CNC(C)C)cs1. The van der Waals surface area contributed by atoms with E-state index in [0.717, 1.165) is 23.7 Å². The highest BCUT2D eigenvalue weighted by atomic mass is 32.1. The highest BCUT2D eigenvalue weighted by Gasteiger charge is 2.27. The van der Waals surface area contributed by atoms with Crippen molar-refractivity contribution in [3.05, 3.63) is 16.1 Å². The molecule has 1 unspecified atom stereocenters. The van der Waals surface area contributed by atoms with E-state index >= 15 is 0 Å². The molecule has 1 heterocycles.